The van der Waals surface area contributed by atoms with Gasteiger partial charge in [-0.2, -0.15) is 0 Å². The van der Waals surface area contributed by atoms with Gasteiger partial charge >= 0.3 is 0 Å². The minimum atomic E-state index is -0.746. The SMILES string of the molecule is CC1CC(C(=O)NC2C3C4CCC(C4)C23)(C(N)=NO)C1. The van der Waals surface area contributed by atoms with Crippen molar-refractivity contribution in [2.75, 3.05) is 0 Å². The Labute approximate surface area is 119 Å². The summed E-state index contributed by atoms with van der Waals surface area (Å²) < 4.78 is 0. The van der Waals surface area contributed by atoms with E-state index in [9.17, 15) is 4.79 Å². The molecule has 4 atom stereocenters. The van der Waals surface area contributed by atoms with E-state index in [0.717, 1.165) is 23.7 Å². The summed E-state index contributed by atoms with van der Waals surface area (Å²) in [5, 5.41) is 15.3. The van der Waals surface area contributed by atoms with Gasteiger partial charge in [0, 0.05) is 6.04 Å². The Balaban J connectivity index is 1.46. The van der Waals surface area contributed by atoms with E-state index in [1.54, 1.807) is 0 Å². The molecule has 0 aromatic carbocycles. The largest absolute Gasteiger partial charge is 0.409 e. The molecule has 0 aromatic heterocycles. The van der Waals surface area contributed by atoms with Crippen molar-refractivity contribution >= 4 is 11.7 Å². The molecule has 2 bridgehead atoms. The second kappa shape index (κ2) is 3.89. The Kier molecular flexibility index (Phi) is 2.43. The molecular formula is C15H23N3O2. The zero-order chi connectivity index (χ0) is 14.1. The van der Waals surface area contributed by atoms with Gasteiger partial charge < -0.3 is 16.3 Å². The fourth-order valence-corrected chi connectivity index (χ4v) is 5.54. The number of carbonyl (C=O) groups excluding carboxylic acids is 1. The van der Waals surface area contributed by atoms with E-state index in [-0.39, 0.29) is 11.7 Å². The van der Waals surface area contributed by atoms with Crippen molar-refractivity contribution in [1.82, 2.24) is 5.32 Å². The number of oxime groups is 1. The molecule has 5 nitrogen and oxygen atoms in total. The zero-order valence-electron chi connectivity index (χ0n) is 11.9. The number of amides is 1. The quantitative estimate of drug-likeness (QED) is 0.314. The predicted octanol–water partition coefficient (Wildman–Crippen LogP) is 1.31. The van der Waals surface area contributed by atoms with Gasteiger partial charge in [0.2, 0.25) is 5.91 Å². The first-order chi connectivity index (χ1) is 9.56. The monoisotopic (exact) mass is 277 g/mol. The van der Waals surface area contributed by atoms with E-state index < -0.39 is 5.41 Å². The lowest BCUT2D eigenvalue weighted by Gasteiger charge is -2.43. The van der Waals surface area contributed by atoms with Crippen molar-refractivity contribution in [3.63, 3.8) is 0 Å². The van der Waals surface area contributed by atoms with Crippen molar-refractivity contribution in [2.24, 2.45) is 45.9 Å². The molecule has 4 saturated carbocycles. The summed E-state index contributed by atoms with van der Waals surface area (Å²) in [6, 6.07) is 0.369. The van der Waals surface area contributed by atoms with Gasteiger partial charge in [0.05, 0.1) is 0 Å². The Morgan fingerprint density at radius 1 is 1.30 bits per heavy atom. The highest BCUT2D eigenvalue weighted by Crippen LogP contribution is 2.65. The lowest BCUT2D eigenvalue weighted by molar-refractivity contribution is -0.133. The van der Waals surface area contributed by atoms with Crippen LogP contribution in [-0.4, -0.2) is 23.0 Å². The second-order valence-corrected chi connectivity index (χ2v) is 7.57. The highest BCUT2D eigenvalue weighted by Gasteiger charge is 2.66. The fourth-order valence-electron chi connectivity index (χ4n) is 5.54. The van der Waals surface area contributed by atoms with Crippen LogP contribution >= 0.6 is 0 Å². The summed E-state index contributed by atoms with van der Waals surface area (Å²) in [4.78, 5) is 12.6. The molecule has 0 heterocycles. The molecule has 4 aliphatic carbocycles. The predicted molar refractivity (Wildman–Crippen MR) is 74.0 cm³/mol. The molecule has 0 aromatic rings. The van der Waals surface area contributed by atoms with Gasteiger partial charge in [-0.15, -0.1) is 0 Å². The van der Waals surface area contributed by atoms with E-state index in [4.69, 9.17) is 10.9 Å². The molecule has 4 unspecified atom stereocenters. The van der Waals surface area contributed by atoms with E-state index in [1.165, 1.54) is 19.3 Å². The third kappa shape index (κ3) is 1.44. The highest BCUT2D eigenvalue weighted by molar-refractivity contribution is 6.07. The lowest BCUT2D eigenvalue weighted by atomic mass is 9.61. The average molecular weight is 277 g/mol. The van der Waals surface area contributed by atoms with Crippen LogP contribution < -0.4 is 11.1 Å². The Hall–Kier alpha value is -1.26. The van der Waals surface area contributed by atoms with Crippen molar-refractivity contribution in [3.05, 3.63) is 0 Å². The Morgan fingerprint density at radius 3 is 2.40 bits per heavy atom. The molecule has 0 spiro atoms. The van der Waals surface area contributed by atoms with Gasteiger partial charge in [-0.1, -0.05) is 12.1 Å². The first kappa shape index (κ1) is 12.5. The summed E-state index contributed by atoms with van der Waals surface area (Å²) in [6.45, 7) is 2.10. The van der Waals surface area contributed by atoms with Crippen LogP contribution in [-0.2, 0) is 4.79 Å². The number of hydrogen-bond donors (Lipinski definition) is 3. The van der Waals surface area contributed by atoms with Crippen LogP contribution in [0.4, 0.5) is 0 Å². The maximum Gasteiger partial charge on any atom is 0.234 e. The number of fused-ring (bicyclic) bond motifs is 5. The number of hydrogen-bond acceptors (Lipinski definition) is 3. The minimum absolute atomic E-state index is 0.00954. The van der Waals surface area contributed by atoms with Crippen LogP contribution in [0.15, 0.2) is 5.16 Å². The first-order valence-electron chi connectivity index (χ1n) is 7.86. The lowest BCUT2D eigenvalue weighted by Crippen LogP contribution is -2.57. The number of nitrogens with two attached hydrogens (primary N) is 1. The van der Waals surface area contributed by atoms with E-state index in [1.807, 2.05) is 0 Å². The average Bonchev–Trinajstić information content (AvgIpc) is 2.81. The van der Waals surface area contributed by atoms with Crippen LogP contribution in [0.2, 0.25) is 0 Å². The normalized spacial score (nSPS) is 52.4. The molecule has 4 N–H and O–H groups in total. The Bertz CT molecular complexity index is 468. The van der Waals surface area contributed by atoms with Gasteiger partial charge in [-0.3, -0.25) is 4.79 Å². The zero-order valence-corrected chi connectivity index (χ0v) is 11.9. The van der Waals surface area contributed by atoms with Crippen LogP contribution in [0.5, 0.6) is 0 Å². The number of nitrogens with one attached hydrogen (secondary N) is 1. The van der Waals surface area contributed by atoms with Gasteiger partial charge in [-0.05, 0) is 61.7 Å². The summed E-state index contributed by atoms with van der Waals surface area (Å²) in [7, 11) is 0. The molecule has 0 radical (unpaired) electrons. The topological polar surface area (TPSA) is 87.7 Å². The highest BCUT2D eigenvalue weighted by atomic mass is 16.4. The van der Waals surface area contributed by atoms with Gasteiger partial charge in [0.15, 0.2) is 5.84 Å². The van der Waals surface area contributed by atoms with Crippen LogP contribution in [0.1, 0.15) is 39.0 Å². The maximum absolute atomic E-state index is 12.6. The molecule has 4 aliphatic rings. The summed E-state index contributed by atoms with van der Waals surface area (Å²) in [5.41, 5.74) is 5.05. The fraction of sp³-hybridized carbons (Fsp3) is 0.867. The molecule has 4 fully saturated rings. The smallest absolute Gasteiger partial charge is 0.234 e. The van der Waals surface area contributed by atoms with E-state index >= 15 is 0 Å². The molecule has 110 valence electrons. The first-order valence-corrected chi connectivity index (χ1v) is 7.86. The third-order valence-corrected chi connectivity index (χ3v) is 6.46. The third-order valence-electron chi connectivity index (χ3n) is 6.46. The molecule has 5 heteroatoms. The summed E-state index contributed by atoms with van der Waals surface area (Å²) >= 11 is 0. The van der Waals surface area contributed by atoms with Crippen LogP contribution in [0, 0.1) is 35.0 Å². The van der Waals surface area contributed by atoms with Crippen molar-refractivity contribution < 1.29 is 10.0 Å². The molecule has 0 saturated heterocycles. The van der Waals surface area contributed by atoms with E-state index in [0.29, 0.717) is 24.8 Å². The van der Waals surface area contributed by atoms with Crippen LogP contribution in [0.3, 0.4) is 0 Å². The molecule has 1 amide bonds. The number of carbonyl (C=O) groups is 1. The molecule has 20 heavy (non-hydrogen) atoms. The second-order valence-electron chi connectivity index (χ2n) is 7.57. The number of rotatable bonds is 3. The van der Waals surface area contributed by atoms with Crippen molar-refractivity contribution in [2.45, 2.75) is 45.1 Å². The van der Waals surface area contributed by atoms with Crippen molar-refractivity contribution in [1.29, 1.82) is 0 Å². The van der Waals surface area contributed by atoms with E-state index in [2.05, 4.69) is 17.4 Å². The maximum atomic E-state index is 12.6. The van der Waals surface area contributed by atoms with Crippen molar-refractivity contribution in [3.8, 4) is 0 Å². The Morgan fingerprint density at radius 2 is 1.90 bits per heavy atom. The van der Waals surface area contributed by atoms with Gasteiger partial charge in [-0.25, -0.2) is 0 Å². The standard InChI is InChI=1S/C15H23N3O2/c1-7-5-15(6-7,13(16)18-20)14(19)17-12-10-8-2-3-9(4-8)11(10)12/h7-12,20H,2-6H2,1H3,(H2,16,18)(H,17,19). The summed E-state index contributed by atoms with van der Waals surface area (Å²) in [6.07, 6.45) is 5.47. The number of nitrogens with zero attached hydrogens (tertiary/aromatic N) is 1. The molecule has 0 aliphatic heterocycles. The minimum Gasteiger partial charge on any atom is -0.409 e. The van der Waals surface area contributed by atoms with Gasteiger partial charge in [0.25, 0.3) is 0 Å². The molecular weight excluding hydrogens is 254 g/mol. The molecule has 4 rings (SSSR count). The summed E-state index contributed by atoms with van der Waals surface area (Å²) in [5.74, 6) is 3.67. The number of amidine groups is 1. The van der Waals surface area contributed by atoms with Gasteiger partial charge in [0.1, 0.15) is 5.41 Å². The van der Waals surface area contributed by atoms with Crippen LogP contribution in [0.25, 0.3) is 0 Å².